The number of nitrogens with one attached hydrogen (secondary N) is 2. The smallest absolute Gasteiger partial charge is 0.327 e. The Bertz CT molecular complexity index is 1230. The summed E-state index contributed by atoms with van der Waals surface area (Å²) in [5, 5.41) is 10.6. The van der Waals surface area contributed by atoms with Crippen molar-refractivity contribution >= 4 is 52.7 Å². The first-order valence-electron chi connectivity index (χ1n) is 9.16. The summed E-state index contributed by atoms with van der Waals surface area (Å²) in [7, 11) is 0. The Morgan fingerprint density at radius 1 is 1.20 bits per heavy atom. The first-order valence-corrected chi connectivity index (χ1v) is 9.92. The Morgan fingerprint density at radius 2 is 2.03 bits per heavy atom. The van der Waals surface area contributed by atoms with Crippen molar-refractivity contribution in [3.63, 3.8) is 0 Å². The summed E-state index contributed by atoms with van der Waals surface area (Å²) in [6, 6.07) is 5.23. The van der Waals surface area contributed by atoms with Gasteiger partial charge in [0.15, 0.2) is 5.65 Å². The number of nitrogens with zero attached hydrogens (tertiary/aromatic N) is 4. The van der Waals surface area contributed by atoms with E-state index in [2.05, 4.69) is 25.7 Å². The molecule has 3 heterocycles. The molecule has 11 heteroatoms. The minimum Gasteiger partial charge on any atom is -0.424 e. The summed E-state index contributed by atoms with van der Waals surface area (Å²) in [5.74, 6) is 0.134. The zero-order valence-electron chi connectivity index (χ0n) is 15.4. The average Bonchev–Trinajstić information content (AvgIpc) is 3.34. The normalized spacial score (nSPS) is 17.6. The van der Waals surface area contributed by atoms with Crippen LogP contribution in [0.4, 0.5) is 5.95 Å². The molecule has 2 aliphatic rings. The van der Waals surface area contributed by atoms with Crippen molar-refractivity contribution in [1.82, 2.24) is 24.9 Å². The fourth-order valence-corrected chi connectivity index (χ4v) is 3.27. The molecule has 0 atom stereocenters. The SMILES string of the molecule is O=C1C/C(=C\c2cnn3c(NC4CC4)nc(Oc4ccc(Cl)c(Cl)c4)nc23)C(=O)N1. The van der Waals surface area contributed by atoms with Crippen molar-refractivity contribution in [2.45, 2.75) is 25.3 Å². The number of benzene rings is 1. The molecule has 2 aromatic heterocycles. The molecule has 1 saturated heterocycles. The molecule has 0 bridgehead atoms. The number of anilines is 1. The van der Waals surface area contributed by atoms with E-state index in [1.54, 1.807) is 35.0 Å². The highest BCUT2D eigenvalue weighted by Crippen LogP contribution is 2.30. The fraction of sp³-hybridized carbons (Fsp3) is 0.211. The van der Waals surface area contributed by atoms with Crippen molar-refractivity contribution in [3.8, 4) is 11.8 Å². The molecule has 2 amide bonds. The van der Waals surface area contributed by atoms with Gasteiger partial charge in [0.1, 0.15) is 5.75 Å². The van der Waals surface area contributed by atoms with Crippen molar-refractivity contribution in [3.05, 3.63) is 45.6 Å². The largest absolute Gasteiger partial charge is 0.424 e. The van der Waals surface area contributed by atoms with Crippen LogP contribution in [0.15, 0.2) is 30.0 Å². The number of halogens is 2. The van der Waals surface area contributed by atoms with Crippen LogP contribution in [0.3, 0.4) is 0 Å². The van der Waals surface area contributed by atoms with E-state index < -0.39 is 5.91 Å². The third kappa shape index (κ3) is 3.69. The second kappa shape index (κ2) is 7.26. The highest BCUT2D eigenvalue weighted by atomic mass is 35.5. The number of aromatic nitrogens is 4. The molecule has 0 radical (unpaired) electrons. The number of fused-ring (bicyclic) bond motifs is 1. The van der Waals surface area contributed by atoms with Gasteiger partial charge in [0.05, 0.1) is 22.7 Å². The Kier molecular flexibility index (Phi) is 4.56. The van der Waals surface area contributed by atoms with Crippen LogP contribution >= 0.6 is 23.2 Å². The van der Waals surface area contributed by atoms with E-state index in [1.807, 2.05) is 0 Å². The molecule has 30 heavy (non-hydrogen) atoms. The van der Waals surface area contributed by atoms with Gasteiger partial charge >= 0.3 is 6.01 Å². The summed E-state index contributed by atoms with van der Waals surface area (Å²) >= 11 is 12.0. The number of rotatable bonds is 5. The van der Waals surface area contributed by atoms with Gasteiger partial charge in [0.25, 0.3) is 5.91 Å². The maximum absolute atomic E-state index is 11.9. The highest BCUT2D eigenvalue weighted by Gasteiger charge is 2.26. The predicted octanol–water partition coefficient (Wildman–Crippen LogP) is 3.23. The molecule has 2 N–H and O–H groups in total. The Hall–Kier alpha value is -3.17. The molecule has 0 unspecified atom stereocenters. The van der Waals surface area contributed by atoms with Crippen molar-refractivity contribution < 1.29 is 14.3 Å². The van der Waals surface area contributed by atoms with E-state index in [0.717, 1.165) is 12.8 Å². The molecule has 152 valence electrons. The number of ether oxygens (including phenoxy) is 1. The van der Waals surface area contributed by atoms with Gasteiger partial charge in [-0.2, -0.15) is 19.6 Å². The molecule has 1 aromatic carbocycles. The van der Waals surface area contributed by atoms with Gasteiger partial charge < -0.3 is 10.1 Å². The van der Waals surface area contributed by atoms with Crippen LogP contribution in [0.1, 0.15) is 24.8 Å². The van der Waals surface area contributed by atoms with Gasteiger partial charge in [-0.3, -0.25) is 14.9 Å². The first-order chi connectivity index (χ1) is 14.5. The second-order valence-corrected chi connectivity index (χ2v) is 7.80. The summed E-state index contributed by atoms with van der Waals surface area (Å²) in [6.45, 7) is 0. The lowest BCUT2D eigenvalue weighted by molar-refractivity contribution is -0.124. The van der Waals surface area contributed by atoms with E-state index in [0.29, 0.717) is 44.6 Å². The number of hydrogen-bond donors (Lipinski definition) is 2. The summed E-state index contributed by atoms with van der Waals surface area (Å²) in [4.78, 5) is 32.3. The third-order valence-corrected chi connectivity index (χ3v) is 5.35. The minimum absolute atomic E-state index is 0.0149. The third-order valence-electron chi connectivity index (χ3n) is 4.61. The lowest BCUT2D eigenvalue weighted by atomic mass is 10.1. The number of carbonyl (C=O) groups is 2. The summed E-state index contributed by atoms with van der Waals surface area (Å²) < 4.78 is 7.34. The molecule has 1 aliphatic heterocycles. The quantitative estimate of drug-likeness (QED) is 0.458. The van der Waals surface area contributed by atoms with Gasteiger partial charge in [0, 0.05) is 23.2 Å². The number of imide groups is 1. The van der Waals surface area contributed by atoms with Gasteiger partial charge in [-0.05, 0) is 31.1 Å². The topological polar surface area (TPSA) is 111 Å². The minimum atomic E-state index is -0.419. The lowest BCUT2D eigenvalue weighted by Crippen LogP contribution is -2.19. The molecule has 3 aromatic rings. The van der Waals surface area contributed by atoms with Crippen LogP contribution in [-0.4, -0.2) is 37.4 Å². The zero-order valence-corrected chi connectivity index (χ0v) is 16.9. The van der Waals surface area contributed by atoms with Gasteiger partial charge in [-0.25, -0.2) is 0 Å². The monoisotopic (exact) mass is 444 g/mol. The maximum atomic E-state index is 11.9. The zero-order chi connectivity index (χ0) is 20.8. The predicted molar refractivity (Wildman–Crippen MR) is 110 cm³/mol. The fourth-order valence-electron chi connectivity index (χ4n) is 2.98. The van der Waals surface area contributed by atoms with Gasteiger partial charge in [-0.1, -0.05) is 23.2 Å². The van der Waals surface area contributed by atoms with E-state index in [-0.39, 0.29) is 18.3 Å². The van der Waals surface area contributed by atoms with E-state index in [1.165, 1.54) is 0 Å². The van der Waals surface area contributed by atoms with Gasteiger partial charge in [0.2, 0.25) is 11.9 Å². The molecule has 5 rings (SSSR count). The first kappa shape index (κ1) is 18.8. The van der Waals surface area contributed by atoms with Crippen LogP contribution < -0.4 is 15.4 Å². The second-order valence-electron chi connectivity index (χ2n) is 6.99. The van der Waals surface area contributed by atoms with Crippen LogP contribution in [-0.2, 0) is 9.59 Å². The molecule has 1 saturated carbocycles. The molecular formula is C19H14Cl2N6O3. The Morgan fingerprint density at radius 3 is 2.73 bits per heavy atom. The van der Waals surface area contributed by atoms with Crippen LogP contribution in [0.25, 0.3) is 11.7 Å². The van der Waals surface area contributed by atoms with Crippen molar-refractivity contribution in [2.75, 3.05) is 5.32 Å². The average molecular weight is 445 g/mol. The number of amides is 2. The van der Waals surface area contributed by atoms with E-state index >= 15 is 0 Å². The highest BCUT2D eigenvalue weighted by molar-refractivity contribution is 6.42. The van der Waals surface area contributed by atoms with E-state index in [4.69, 9.17) is 27.9 Å². The molecule has 9 nitrogen and oxygen atoms in total. The number of carbonyl (C=O) groups excluding carboxylic acids is 2. The molecule has 0 spiro atoms. The van der Waals surface area contributed by atoms with Crippen LogP contribution in [0.2, 0.25) is 10.0 Å². The summed E-state index contributed by atoms with van der Waals surface area (Å²) in [5.41, 5.74) is 1.34. The maximum Gasteiger partial charge on any atom is 0.327 e. The van der Waals surface area contributed by atoms with Crippen LogP contribution in [0, 0.1) is 0 Å². The Labute approximate surface area is 180 Å². The standard InChI is InChI=1S/C19H14Cl2N6O3/c20-13-4-3-12(7-14(13)21)30-19-25-16-10(5-9-6-15(28)24-17(9)29)8-22-27(16)18(26-19)23-11-1-2-11/h3-5,7-8,11H,1-2,6H2,(H,23,25,26)(H,24,28,29)/b9-5+. The van der Waals surface area contributed by atoms with Crippen LogP contribution in [0.5, 0.6) is 11.8 Å². The van der Waals surface area contributed by atoms with Crippen molar-refractivity contribution in [2.24, 2.45) is 0 Å². The molecule has 1 aliphatic carbocycles. The lowest BCUT2D eigenvalue weighted by Gasteiger charge is -2.10. The van der Waals surface area contributed by atoms with E-state index in [9.17, 15) is 9.59 Å². The summed E-state index contributed by atoms with van der Waals surface area (Å²) in [6.07, 6.45) is 5.25. The van der Waals surface area contributed by atoms with Crippen molar-refractivity contribution in [1.29, 1.82) is 0 Å². The molecule has 2 fully saturated rings. The molecular weight excluding hydrogens is 431 g/mol. The Balaban J connectivity index is 1.57. The number of hydrogen-bond acceptors (Lipinski definition) is 7. The van der Waals surface area contributed by atoms with Gasteiger partial charge in [-0.15, -0.1) is 0 Å².